The third kappa shape index (κ3) is 3.22. The van der Waals surface area contributed by atoms with Crippen molar-refractivity contribution in [1.82, 2.24) is 15.2 Å². The number of rotatable bonds is 3. The molecule has 1 N–H and O–H groups in total. The van der Waals surface area contributed by atoms with E-state index in [2.05, 4.69) is 16.4 Å². The van der Waals surface area contributed by atoms with Crippen molar-refractivity contribution >= 4 is 6.03 Å². The van der Waals surface area contributed by atoms with Crippen molar-refractivity contribution in [1.29, 1.82) is 0 Å². The average molecular weight is 313 g/mol. The average Bonchev–Trinajstić information content (AvgIpc) is 3.26. The molecule has 3 aliphatic rings. The van der Waals surface area contributed by atoms with E-state index >= 15 is 0 Å². The van der Waals surface area contributed by atoms with Gasteiger partial charge in [-0.05, 0) is 67.9 Å². The van der Waals surface area contributed by atoms with E-state index in [9.17, 15) is 4.79 Å². The first-order valence-electron chi connectivity index (χ1n) is 9.20. The van der Waals surface area contributed by atoms with E-state index in [1.54, 1.807) is 0 Å². The molecule has 2 aliphatic carbocycles. The number of likely N-dealkylation sites (tertiary alicyclic amines) is 1. The summed E-state index contributed by atoms with van der Waals surface area (Å²) in [6.07, 6.45) is 13.5. The number of carbonyl (C=O) groups is 1. The van der Waals surface area contributed by atoms with Gasteiger partial charge in [0.25, 0.3) is 0 Å². The lowest BCUT2D eigenvalue weighted by atomic mass is 9.91. The smallest absolute Gasteiger partial charge is 0.317 e. The van der Waals surface area contributed by atoms with Crippen LogP contribution in [0.4, 0.5) is 4.79 Å². The van der Waals surface area contributed by atoms with Crippen molar-refractivity contribution < 1.29 is 4.79 Å². The van der Waals surface area contributed by atoms with Gasteiger partial charge < -0.3 is 10.2 Å². The second-order valence-corrected chi connectivity index (χ2v) is 7.75. The number of amides is 2. The van der Waals surface area contributed by atoms with Crippen LogP contribution in [0.5, 0.6) is 0 Å². The van der Waals surface area contributed by atoms with Gasteiger partial charge in [-0.1, -0.05) is 12.5 Å². The summed E-state index contributed by atoms with van der Waals surface area (Å²) in [5.41, 5.74) is 1.81. The Morgan fingerprint density at radius 2 is 2.09 bits per heavy atom. The Bertz CT molecular complexity index is 547. The minimum Gasteiger partial charge on any atom is -0.335 e. The molecule has 4 rings (SSSR count). The molecule has 3 fully saturated rings. The van der Waals surface area contributed by atoms with Crippen molar-refractivity contribution in [2.24, 2.45) is 11.3 Å². The molecule has 124 valence electrons. The molecule has 23 heavy (non-hydrogen) atoms. The zero-order valence-corrected chi connectivity index (χ0v) is 13.8. The summed E-state index contributed by atoms with van der Waals surface area (Å²) in [6.45, 7) is 1.80. The number of nitrogens with zero attached hydrogens (tertiary/aromatic N) is 2. The summed E-state index contributed by atoms with van der Waals surface area (Å²) in [5, 5.41) is 3.34. The molecule has 1 unspecified atom stereocenters. The summed E-state index contributed by atoms with van der Waals surface area (Å²) in [7, 11) is 0. The summed E-state index contributed by atoms with van der Waals surface area (Å²) in [6, 6.07) is 4.79. The Morgan fingerprint density at radius 3 is 2.78 bits per heavy atom. The summed E-state index contributed by atoms with van der Waals surface area (Å²) < 4.78 is 0. The third-order valence-corrected chi connectivity index (χ3v) is 6.25. The number of hydrogen-bond acceptors (Lipinski definition) is 2. The Labute approximate surface area is 138 Å². The van der Waals surface area contributed by atoms with Gasteiger partial charge in [-0.2, -0.15) is 0 Å². The highest BCUT2D eigenvalue weighted by atomic mass is 16.2. The lowest BCUT2D eigenvalue weighted by Crippen LogP contribution is -2.49. The standard InChI is InChI=1S/C19H27N3O/c23-18(21-17-4-1-7-19(17)8-9-19)22-11-5-15(6-12-22)13-16-3-2-10-20-14-16/h2-3,10,14-15,17H,1,4-9,11-13H2,(H,21,23). The zero-order chi connectivity index (χ0) is 15.7. The molecular formula is C19H27N3O. The van der Waals surface area contributed by atoms with E-state index in [0.29, 0.717) is 17.4 Å². The minimum atomic E-state index is 0.183. The van der Waals surface area contributed by atoms with Gasteiger partial charge >= 0.3 is 6.03 Å². The quantitative estimate of drug-likeness (QED) is 0.930. The van der Waals surface area contributed by atoms with Gasteiger partial charge in [0, 0.05) is 31.5 Å². The number of nitrogens with one attached hydrogen (secondary N) is 1. The second kappa shape index (κ2) is 6.14. The van der Waals surface area contributed by atoms with Crippen LogP contribution in [-0.4, -0.2) is 35.0 Å². The number of carbonyl (C=O) groups excluding carboxylic acids is 1. The number of piperidine rings is 1. The summed E-state index contributed by atoms with van der Waals surface area (Å²) in [5.74, 6) is 0.685. The molecule has 1 spiro atoms. The molecule has 0 radical (unpaired) electrons. The highest BCUT2D eigenvalue weighted by Gasteiger charge is 2.52. The van der Waals surface area contributed by atoms with Gasteiger partial charge in [0.05, 0.1) is 0 Å². The molecule has 4 heteroatoms. The van der Waals surface area contributed by atoms with Crippen molar-refractivity contribution in [2.45, 2.75) is 57.4 Å². The van der Waals surface area contributed by atoms with Crippen LogP contribution >= 0.6 is 0 Å². The van der Waals surface area contributed by atoms with E-state index in [0.717, 1.165) is 32.4 Å². The number of aromatic nitrogens is 1. The van der Waals surface area contributed by atoms with E-state index in [1.165, 1.54) is 37.7 Å². The number of hydrogen-bond donors (Lipinski definition) is 1. The highest BCUT2D eigenvalue weighted by molar-refractivity contribution is 5.74. The van der Waals surface area contributed by atoms with Crippen LogP contribution in [-0.2, 0) is 6.42 Å². The monoisotopic (exact) mass is 313 g/mol. The van der Waals surface area contributed by atoms with E-state index in [4.69, 9.17) is 0 Å². The molecule has 1 aliphatic heterocycles. The molecule has 2 amide bonds. The van der Waals surface area contributed by atoms with Crippen molar-refractivity contribution in [2.75, 3.05) is 13.1 Å². The van der Waals surface area contributed by atoms with Crippen LogP contribution in [0.15, 0.2) is 24.5 Å². The zero-order valence-electron chi connectivity index (χ0n) is 13.8. The van der Waals surface area contributed by atoms with Gasteiger partial charge in [0.1, 0.15) is 0 Å². The van der Waals surface area contributed by atoms with Crippen LogP contribution in [0.1, 0.15) is 50.5 Å². The SMILES string of the molecule is O=C(NC1CCCC12CC2)N1CCC(Cc2cccnc2)CC1. The van der Waals surface area contributed by atoms with Crippen LogP contribution in [0.3, 0.4) is 0 Å². The molecule has 1 atom stereocenters. The normalized spacial score (nSPS) is 26.4. The lowest BCUT2D eigenvalue weighted by molar-refractivity contribution is 0.163. The Kier molecular flexibility index (Phi) is 4.00. The first-order chi connectivity index (χ1) is 11.3. The maximum absolute atomic E-state index is 12.5. The maximum Gasteiger partial charge on any atom is 0.317 e. The maximum atomic E-state index is 12.5. The molecule has 1 aromatic rings. The predicted molar refractivity (Wildman–Crippen MR) is 90.1 cm³/mol. The molecular weight excluding hydrogens is 286 g/mol. The Morgan fingerprint density at radius 1 is 1.26 bits per heavy atom. The van der Waals surface area contributed by atoms with Gasteiger partial charge in [-0.15, -0.1) is 0 Å². The first-order valence-corrected chi connectivity index (χ1v) is 9.20. The van der Waals surface area contributed by atoms with Crippen molar-refractivity contribution in [3.63, 3.8) is 0 Å². The predicted octanol–water partition coefficient (Wildman–Crippen LogP) is 3.38. The van der Waals surface area contributed by atoms with Gasteiger partial charge in [0.2, 0.25) is 0 Å². The molecule has 4 nitrogen and oxygen atoms in total. The minimum absolute atomic E-state index is 0.183. The van der Waals surface area contributed by atoms with E-state index in [-0.39, 0.29) is 6.03 Å². The molecule has 1 aromatic heterocycles. The first kappa shape index (κ1) is 15.0. The summed E-state index contributed by atoms with van der Waals surface area (Å²) >= 11 is 0. The third-order valence-electron chi connectivity index (χ3n) is 6.25. The summed E-state index contributed by atoms with van der Waals surface area (Å²) in [4.78, 5) is 18.8. The largest absolute Gasteiger partial charge is 0.335 e. The molecule has 2 heterocycles. The fourth-order valence-corrected chi connectivity index (χ4v) is 4.56. The van der Waals surface area contributed by atoms with E-state index in [1.807, 2.05) is 23.4 Å². The van der Waals surface area contributed by atoms with Crippen LogP contribution < -0.4 is 5.32 Å². The second-order valence-electron chi connectivity index (χ2n) is 7.75. The van der Waals surface area contributed by atoms with Gasteiger partial charge in [0.15, 0.2) is 0 Å². The van der Waals surface area contributed by atoms with E-state index < -0.39 is 0 Å². The Balaban J connectivity index is 1.25. The molecule has 1 saturated heterocycles. The topological polar surface area (TPSA) is 45.2 Å². The van der Waals surface area contributed by atoms with Crippen molar-refractivity contribution in [3.05, 3.63) is 30.1 Å². The molecule has 0 bridgehead atoms. The lowest BCUT2D eigenvalue weighted by Gasteiger charge is -2.33. The Hall–Kier alpha value is -1.58. The fraction of sp³-hybridized carbons (Fsp3) is 0.684. The number of urea groups is 1. The van der Waals surface area contributed by atoms with Crippen LogP contribution in [0.25, 0.3) is 0 Å². The van der Waals surface area contributed by atoms with Crippen molar-refractivity contribution in [3.8, 4) is 0 Å². The van der Waals surface area contributed by atoms with Gasteiger partial charge in [-0.25, -0.2) is 4.79 Å². The highest BCUT2D eigenvalue weighted by Crippen LogP contribution is 2.57. The van der Waals surface area contributed by atoms with Crippen LogP contribution in [0, 0.1) is 11.3 Å². The molecule has 2 saturated carbocycles. The molecule has 0 aromatic carbocycles. The van der Waals surface area contributed by atoms with Crippen LogP contribution in [0.2, 0.25) is 0 Å². The number of pyridine rings is 1. The fourth-order valence-electron chi connectivity index (χ4n) is 4.56. The van der Waals surface area contributed by atoms with Gasteiger partial charge in [-0.3, -0.25) is 4.98 Å².